The molecule has 7 heteroatoms. The lowest BCUT2D eigenvalue weighted by molar-refractivity contribution is 0.0394. The van der Waals surface area contributed by atoms with Crippen molar-refractivity contribution in [3.8, 4) is 0 Å². The zero-order chi connectivity index (χ0) is 16.4. The Morgan fingerprint density at radius 3 is 2.87 bits per heavy atom. The van der Waals surface area contributed by atoms with E-state index in [-0.39, 0.29) is 6.10 Å². The Bertz CT molecular complexity index is 739. The van der Waals surface area contributed by atoms with Gasteiger partial charge in [-0.3, -0.25) is 4.79 Å². The van der Waals surface area contributed by atoms with E-state index < -0.39 is 5.91 Å². The topological polar surface area (TPSA) is 68.5 Å². The van der Waals surface area contributed by atoms with Crippen molar-refractivity contribution < 1.29 is 9.53 Å². The van der Waals surface area contributed by atoms with Crippen LogP contribution in [0.25, 0.3) is 0 Å². The molecule has 0 saturated carbocycles. The summed E-state index contributed by atoms with van der Waals surface area (Å²) in [5.74, 6) is 0.0824. The molecule has 1 amide bonds. The van der Waals surface area contributed by atoms with Crippen LogP contribution in [0.2, 0.25) is 10.0 Å². The summed E-state index contributed by atoms with van der Waals surface area (Å²) in [6.07, 6.45) is 1.46. The van der Waals surface area contributed by atoms with Crippen LogP contribution in [0.1, 0.15) is 22.0 Å². The molecule has 1 atom stereocenters. The minimum atomic E-state index is -0.495. The molecule has 0 bridgehead atoms. The van der Waals surface area contributed by atoms with Gasteiger partial charge in [0, 0.05) is 19.3 Å². The Morgan fingerprint density at radius 1 is 1.30 bits per heavy atom. The number of hydrogen-bond acceptors (Lipinski definition) is 4. The number of rotatable bonds is 3. The molecular weight excluding hydrogens is 337 g/mol. The Kier molecular flexibility index (Phi) is 4.71. The van der Waals surface area contributed by atoms with Gasteiger partial charge in [-0.2, -0.15) is 0 Å². The largest absolute Gasteiger partial charge is 0.370 e. The molecule has 0 radical (unpaired) electrons. The Hall–Kier alpha value is -1.82. The number of pyridine rings is 1. The van der Waals surface area contributed by atoms with Gasteiger partial charge in [-0.05, 0) is 29.8 Å². The van der Waals surface area contributed by atoms with Crippen LogP contribution in [-0.2, 0) is 4.74 Å². The maximum absolute atomic E-state index is 11.6. The Morgan fingerprint density at radius 2 is 2.13 bits per heavy atom. The fraction of sp³-hybridized carbons (Fsp3) is 0.250. The number of benzene rings is 1. The van der Waals surface area contributed by atoms with Gasteiger partial charge in [-0.15, -0.1) is 0 Å². The molecule has 5 nitrogen and oxygen atoms in total. The third-order valence-electron chi connectivity index (χ3n) is 3.73. The lowest BCUT2D eigenvalue weighted by Crippen LogP contribution is -2.40. The van der Waals surface area contributed by atoms with Gasteiger partial charge in [0.25, 0.3) is 5.91 Å². The highest BCUT2D eigenvalue weighted by Gasteiger charge is 2.25. The third kappa shape index (κ3) is 3.42. The van der Waals surface area contributed by atoms with E-state index in [0.29, 0.717) is 41.1 Å². The lowest BCUT2D eigenvalue weighted by atomic mass is 10.1. The second kappa shape index (κ2) is 6.74. The Balaban J connectivity index is 1.86. The number of aromatic nitrogens is 1. The molecule has 2 N–H and O–H groups in total. The van der Waals surface area contributed by atoms with Crippen molar-refractivity contribution in [1.29, 1.82) is 0 Å². The molecule has 1 aliphatic heterocycles. The minimum absolute atomic E-state index is 0.179. The number of halogens is 2. The zero-order valence-corrected chi connectivity index (χ0v) is 13.7. The molecular formula is C16H15Cl2N3O2. The predicted octanol–water partition coefficient (Wildman–Crippen LogP) is 3.07. The zero-order valence-electron chi connectivity index (χ0n) is 12.2. The van der Waals surface area contributed by atoms with Crippen molar-refractivity contribution in [2.24, 2.45) is 5.73 Å². The highest BCUT2D eigenvalue weighted by molar-refractivity contribution is 6.42. The second-order valence-corrected chi connectivity index (χ2v) is 6.03. The first kappa shape index (κ1) is 16.1. The summed E-state index contributed by atoms with van der Waals surface area (Å²) in [4.78, 5) is 17.9. The maximum Gasteiger partial charge on any atom is 0.252 e. The van der Waals surface area contributed by atoms with Crippen LogP contribution in [-0.4, -0.2) is 30.6 Å². The first-order valence-electron chi connectivity index (χ1n) is 7.12. The molecule has 1 saturated heterocycles. The summed E-state index contributed by atoms with van der Waals surface area (Å²) in [5.41, 5.74) is 6.77. The number of anilines is 1. The molecule has 2 aromatic rings. The van der Waals surface area contributed by atoms with E-state index in [9.17, 15) is 4.79 Å². The van der Waals surface area contributed by atoms with Crippen LogP contribution >= 0.6 is 23.2 Å². The first-order valence-corrected chi connectivity index (χ1v) is 7.88. The van der Waals surface area contributed by atoms with Crippen LogP contribution in [0.3, 0.4) is 0 Å². The van der Waals surface area contributed by atoms with Gasteiger partial charge in [-0.25, -0.2) is 4.98 Å². The summed E-state index contributed by atoms with van der Waals surface area (Å²) in [7, 11) is 0. The van der Waals surface area contributed by atoms with E-state index in [1.54, 1.807) is 30.5 Å². The predicted molar refractivity (Wildman–Crippen MR) is 90.1 cm³/mol. The summed E-state index contributed by atoms with van der Waals surface area (Å²) < 4.78 is 5.82. The van der Waals surface area contributed by atoms with Gasteiger partial charge in [0.15, 0.2) is 0 Å². The smallest absolute Gasteiger partial charge is 0.252 e. The first-order chi connectivity index (χ1) is 11.1. The fourth-order valence-electron chi connectivity index (χ4n) is 2.60. The average molecular weight is 352 g/mol. The third-order valence-corrected chi connectivity index (χ3v) is 4.47. The molecule has 120 valence electrons. The number of carbonyl (C=O) groups excluding carboxylic acids is 1. The van der Waals surface area contributed by atoms with Crippen LogP contribution in [0.5, 0.6) is 0 Å². The van der Waals surface area contributed by atoms with Crippen molar-refractivity contribution >= 4 is 34.9 Å². The van der Waals surface area contributed by atoms with Crippen molar-refractivity contribution in [1.82, 2.24) is 4.98 Å². The van der Waals surface area contributed by atoms with Crippen molar-refractivity contribution in [3.05, 3.63) is 57.7 Å². The van der Waals surface area contributed by atoms with Gasteiger partial charge in [0.05, 0.1) is 22.2 Å². The number of ether oxygens (including phenoxy) is 1. The van der Waals surface area contributed by atoms with E-state index in [1.165, 1.54) is 0 Å². The van der Waals surface area contributed by atoms with Gasteiger partial charge >= 0.3 is 0 Å². The highest BCUT2D eigenvalue weighted by Crippen LogP contribution is 2.30. The quantitative estimate of drug-likeness (QED) is 0.922. The number of amides is 1. The number of nitrogens with two attached hydrogens (primary N) is 1. The lowest BCUT2D eigenvalue weighted by Gasteiger charge is -2.34. The summed E-state index contributed by atoms with van der Waals surface area (Å²) >= 11 is 12.0. The number of carbonyl (C=O) groups is 1. The molecule has 0 spiro atoms. The SMILES string of the molecule is NC(=O)c1cccnc1N1CCO[C@@H](c2ccc(Cl)c(Cl)c2)C1. The second-order valence-electron chi connectivity index (χ2n) is 5.22. The van der Waals surface area contributed by atoms with E-state index in [2.05, 4.69) is 4.98 Å². The van der Waals surface area contributed by atoms with Gasteiger partial charge in [0.1, 0.15) is 11.9 Å². The molecule has 1 aliphatic rings. The molecule has 1 aromatic heterocycles. The standard InChI is InChI=1S/C16H15Cl2N3O2/c17-12-4-3-10(8-13(12)18)14-9-21(6-7-23-14)16-11(15(19)22)2-1-5-20-16/h1-5,8,14H,6-7,9H2,(H2,19,22)/t14-/m1/s1. The molecule has 1 aromatic carbocycles. The van der Waals surface area contributed by atoms with E-state index >= 15 is 0 Å². The number of primary amides is 1. The molecule has 0 unspecified atom stereocenters. The Labute approximate surface area is 144 Å². The summed E-state index contributed by atoms with van der Waals surface area (Å²) in [6.45, 7) is 1.70. The normalized spacial score (nSPS) is 18.0. The number of morpholine rings is 1. The van der Waals surface area contributed by atoms with E-state index in [4.69, 9.17) is 33.7 Å². The fourth-order valence-corrected chi connectivity index (χ4v) is 2.90. The van der Waals surface area contributed by atoms with E-state index in [1.807, 2.05) is 11.0 Å². The van der Waals surface area contributed by atoms with Crippen molar-refractivity contribution in [3.63, 3.8) is 0 Å². The monoisotopic (exact) mass is 351 g/mol. The van der Waals surface area contributed by atoms with E-state index in [0.717, 1.165) is 5.56 Å². The van der Waals surface area contributed by atoms with Gasteiger partial charge < -0.3 is 15.4 Å². The minimum Gasteiger partial charge on any atom is -0.370 e. The summed E-state index contributed by atoms with van der Waals surface area (Å²) in [5, 5.41) is 0.990. The average Bonchev–Trinajstić information content (AvgIpc) is 2.57. The van der Waals surface area contributed by atoms with Crippen LogP contribution < -0.4 is 10.6 Å². The molecule has 23 heavy (non-hydrogen) atoms. The summed E-state index contributed by atoms with van der Waals surface area (Å²) in [6, 6.07) is 8.80. The number of hydrogen-bond donors (Lipinski definition) is 1. The molecule has 2 heterocycles. The van der Waals surface area contributed by atoms with Crippen molar-refractivity contribution in [2.45, 2.75) is 6.10 Å². The molecule has 1 fully saturated rings. The highest BCUT2D eigenvalue weighted by atomic mass is 35.5. The molecule has 0 aliphatic carbocycles. The van der Waals surface area contributed by atoms with Crippen LogP contribution in [0.4, 0.5) is 5.82 Å². The van der Waals surface area contributed by atoms with Crippen LogP contribution in [0.15, 0.2) is 36.5 Å². The van der Waals surface area contributed by atoms with Gasteiger partial charge in [-0.1, -0.05) is 29.3 Å². The number of nitrogens with zero attached hydrogens (tertiary/aromatic N) is 2. The van der Waals surface area contributed by atoms with Crippen LogP contribution in [0, 0.1) is 0 Å². The molecule has 3 rings (SSSR count). The van der Waals surface area contributed by atoms with Crippen molar-refractivity contribution in [2.75, 3.05) is 24.6 Å². The van der Waals surface area contributed by atoms with Gasteiger partial charge in [0.2, 0.25) is 0 Å². The maximum atomic E-state index is 11.6.